The maximum Gasteiger partial charge on any atom is 0.133 e. The van der Waals surface area contributed by atoms with E-state index in [1.807, 2.05) is 0 Å². The third-order valence-electron chi connectivity index (χ3n) is 3.91. The molecule has 0 radical (unpaired) electrons. The van der Waals surface area contributed by atoms with Gasteiger partial charge in [0.25, 0.3) is 0 Å². The van der Waals surface area contributed by atoms with Gasteiger partial charge < -0.3 is 15.0 Å². The third-order valence-corrected chi connectivity index (χ3v) is 3.91. The van der Waals surface area contributed by atoms with Gasteiger partial charge in [0.1, 0.15) is 12.1 Å². The van der Waals surface area contributed by atoms with E-state index in [1.165, 1.54) is 24.1 Å². The fraction of sp³-hybridized carbons (Fsp3) is 0.714. The first-order chi connectivity index (χ1) is 9.36. The highest BCUT2D eigenvalue weighted by Crippen LogP contribution is 2.27. The number of methoxy groups -OCH3 is 1. The first kappa shape index (κ1) is 12.8. The SMILES string of the molecule is COCCN1CCc2ncnc(NC3CC3)c2CC1. The lowest BCUT2D eigenvalue weighted by Crippen LogP contribution is -2.29. The second kappa shape index (κ2) is 5.84. The highest BCUT2D eigenvalue weighted by atomic mass is 16.5. The lowest BCUT2D eigenvalue weighted by atomic mass is 10.1. The van der Waals surface area contributed by atoms with Crippen molar-refractivity contribution in [3.05, 3.63) is 17.6 Å². The molecule has 0 aromatic carbocycles. The highest BCUT2D eigenvalue weighted by Gasteiger charge is 2.24. The number of aromatic nitrogens is 2. The van der Waals surface area contributed by atoms with Crippen LogP contribution in [0.3, 0.4) is 0 Å². The molecule has 1 saturated carbocycles. The van der Waals surface area contributed by atoms with Crippen LogP contribution in [0.2, 0.25) is 0 Å². The summed E-state index contributed by atoms with van der Waals surface area (Å²) >= 11 is 0. The summed E-state index contributed by atoms with van der Waals surface area (Å²) in [5.41, 5.74) is 2.55. The number of hydrogen-bond acceptors (Lipinski definition) is 5. The molecule has 0 bridgehead atoms. The molecule has 1 aliphatic heterocycles. The average Bonchev–Trinajstić information content (AvgIpc) is 3.24. The zero-order valence-corrected chi connectivity index (χ0v) is 11.6. The molecule has 1 aliphatic carbocycles. The molecule has 1 N–H and O–H groups in total. The van der Waals surface area contributed by atoms with Crippen LogP contribution in [0.25, 0.3) is 0 Å². The molecule has 2 aliphatic rings. The van der Waals surface area contributed by atoms with Gasteiger partial charge >= 0.3 is 0 Å². The second-order valence-corrected chi connectivity index (χ2v) is 5.40. The van der Waals surface area contributed by atoms with Crippen LogP contribution >= 0.6 is 0 Å². The van der Waals surface area contributed by atoms with E-state index in [4.69, 9.17) is 4.74 Å². The van der Waals surface area contributed by atoms with Gasteiger partial charge in [-0.3, -0.25) is 0 Å². The second-order valence-electron chi connectivity index (χ2n) is 5.40. The van der Waals surface area contributed by atoms with Gasteiger partial charge in [0.2, 0.25) is 0 Å². The normalized spacial score (nSPS) is 19.8. The van der Waals surface area contributed by atoms with Gasteiger partial charge in [0, 0.05) is 44.8 Å². The highest BCUT2D eigenvalue weighted by molar-refractivity contribution is 5.48. The number of ether oxygens (including phenoxy) is 1. The quantitative estimate of drug-likeness (QED) is 0.861. The molecule has 3 rings (SSSR count). The van der Waals surface area contributed by atoms with Crippen molar-refractivity contribution >= 4 is 5.82 Å². The molecular weight excluding hydrogens is 240 g/mol. The van der Waals surface area contributed by atoms with Gasteiger partial charge in [-0.05, 0) is 19.3 Å². The molecule has 19 heavy (non-hydrogen) atoms. The van der Waals surface area contributed by atoms with Gasteiger partial charge in [-0.25, -0.2) is 9.97 Å². The Labute approximate surface area is 114 Å². The third kappa shape index (κ3) is 3.22. The van der Waals surface area contributed by atoms with E-state index in [2.05, 4.69) is 20.2 Å². The first-order valence-electron chi connectivity index (χ1n) is 7.17. The van der Waals surface area contributed by atoms with Crippen LogP contribution in [-0.2, 0) is 17.6 Å². The lowest BCUT2D eigenvalue weighted by molar-refractivity contribution is 0.150. The predicted molar refractivity (Wildman–Crippen MR) is 74.4 cm³/mol. The summed E-state index contributed by atoms with van der Waals surface area (Å²) in [4.78, 5) is 11.4. The molecule has 0 amide bonds. The van der Waals surface area contributed by atoms with Crippen LogP contribution in [0.5, 0.6) is 0 Å². The molecule has 1 aromatic heterocycles. The summed E-state index contributed by atoms with van der Waals surface area (Å²) in [6.45, 7) is 3.94. The van der Waals surface area contributed by atoms with Crippen molar-refractivity contribution in [3.63, 3.8) is 0 Å². The number of rotatable bonds is 5. The van der Waals surface area contributed by atoms with Crippen molar-refractivity contribution in [2.75, 3.05) is 38.7 Å². The van der Waals surface area contributed by atoms with Gasteiger partial charge in [0.05, 0.1) is 12.3 Å². The zero-order valence-electron chi connectivity index (χ0n) is 11.6. The van der Waals surface area contributed by atoms with Crippen LogP contribution in [0, 0.1) is 0 Å². The van der Waals surface area contributed by atoms with Gasteiger partial charge in [-0.2, -0.15) is 0 Å². The van der Waals surface area contributed by atoms with Crippen molar-refractivity contribution in [1.82, 2.24) is 14.9 Å². The Bertz CT molecular complexity index is 433. The van der Waals surface area contributed by atoms with Crippen molar-refractivity contribution in [1.29, 1.82) is 0 Å². The van der Waals surface area contributed by atoms with E-state index in [-0.39, 0.29) is 0 Å². The maximum absolute atomic E-state index is 5.17. The monoisotopic (exact) mass is 262 g/mol. The maximum atomic E-state index is 5.17. The molecule has 0 spiro atoms. The number of nitrogens with one attached hydrogen (secondary N) is 1. The minimum Gasteiger partial charge on any atom is -0.383 e. The molecule has 0 atom stereocenters. The summed E-state index contributed by atoms with van der Waals surface area (Å²) in [7, 11) is 1.76. The van der Waals surface area contributed by atoms with E-state index in [9.17, 15) is 0 Å². The summed E-state index contributed by atoms with van der Waals surface area (Å²) in [6, 6.07) is 0.645. The molecule has 0 saturated heterocycles. The fourth-order valence-corrected chi connectivity index (χ4v) is 2.56. The summed E-state index contributed by atoms with van der Waals surface area (Å²) in [5, 5.41) is 3.54. The number of nitrogens with zero attached hydrogens (tertiary/aromatic N) is 3. The van der Waals surface area contributed by atoms with Crippen LogP contribution < -0.4 is 5.32 Å². The Morgan fingerprint density at radius 3 is 2.95 bits per heavy atom. The smallest absolute Gasteiger partial charge is 0.133 e. The van der Waals surface area contributed by atoms with Crippen LogP contribution in [0.1, 0.15) is 24.1 Å². The minimum atomic E-state index is 0.645. The molecule has 1 aromatic rings. The van der Waals surface area contributed by atoms with Gasteiger partial charge in [0.15, 0.2) is 0 Å². The van der Waals surface area contributed by atoms with Crippen LogP contribution in [0.15, 0.2) is 6.33 Å². The van der Waals surface area contributed by atoms with E-state index >= 15 is 0 Å². The average molecular weight is 262 g/mol. The topological polar surface area (TPSA) is 50.3 Å². The van der Waals surface area contributed by atoms with Crippen molar-refractivity contribution in [2.45, 2.75) is 31.7 Å². The minimum absolute atomic E-state index is 0.645. The Balaban J connectivity index is 1.70. The first-order valence-corrected chi connectivity index (χ1v) is 7.17. The van der Waals surface area contributed by atoms with E-state index in [0.717, 1.165) is 44.9 Å². The molecule has 5 heteroatoms. The van der Waals surface area contributed by atoms with Crippen molar-refractivity contribution in [2.24, 2.45) is 0 Å². The Kier molecular flexibility index (Phi) is 3.94. The molecule has 104 valence electrons. The summed E-state index contributed by atoms with van der Waals surface area (Å²) in [5.74, 6) is 1.07. The number of hydrogen-bond donors (Lipinski definition) is 1. The number of anilines is 1. The standard InChI is InChI=1S/C14H22N4O/c1-19-9-8-18-6-4-12-13(5-7-18)15-10-16-14(12)17-11-2-3-11/h10-11H,2-9H2,1H3,(H,15,16,17). The van der Waals surface area contributed by atoms with Crippen LogP contribution in [0.4, 0.5) is 5.82 Å². The Morgan fingerprint density at radius 2 is 2.16 bits per heavy atom. The molecule has 2 heterocycles. The fourth-order valence-electron chi connectivity index (χ4n) is 2.56. The molecular formula is C14H22N4O. The lowest BCUT2D eigenvalue weighted by Gasteiger charge is -2.18. The van der Waals surface area contributed by atoms with Crippen molar-refractivity contribution in [3.8, 4) is 0 Å². The predicted octanol–water partition coefficient (Wildman–Crippen LogP) is 1.10. The zero-order chi connectivity index (χ0) is 13.1. The molecule has 0 unspecified atom stereocenters. The van der Waals surface area contributed by atoms with E-state index in [0.29, 0.717) is 6.04 Å². The largest absolute Gasteiger partial charge is 0.383 e. The Hall–Kier alpha value is -1.20. The van der Waals surface area contributed by atoms with Crippen molar-refractivity contribution < 1.29 is 4.74 Å². The Morgan fingerprint density at radius 1 is 1.32 bits per heavy atom. The van der Waals surface area contributed by atoms with E-state index < -0.39 is 0 Å². The summed E-state index contributed by atoms with van der Waals surface area (Å²) in [6.07, 6.45) is 6.31. The molecule has 1 fully saturated rings. The number of fused-ring (bicyclic) bond motifs is 1. The van der Waals surface area contributed by atoms with Crippen LogP contribution in [-0.4, -0.2) is 54.3 Å². The summed E-state index contributed by atoms with van der Waals surface area (Å²) < 4.78 is 5.17. The van der Waals surface area contributed by atoms with Gasteiger partial charge in [-0.15, -0.1) is 0 Å². The van der Waals surface area contributed by atoms with Gasteiger partial charge in [-0.1, -0.05) is 0 Å². The van der Waals surface area contributed by atoms with E-state index in [1.54, 1.807) is 13.4 Å². The molecule has 5 nitrogen and oxygen atoms in total.